The number of hydrogen-bond donors (Lipinski definition) is 2. The lowest BCUT2D eigenvalue weighted by Gasteiger charge is -2.59. The molecule has 8 nitrogen and oxygen atoms in total. The summed E-state index contributed by atoms with van der Waals surface area (Å²) in [7, 11) is 0. The largest absolute Gasteiger partial charge is 0.588 e. The third kappa shape index (κ3) is 7.47. The first-order chi connectivity index (χ1) is 22.4. The van der Waals surface area contributed by atoms with E-state index in [-0.39, 0.29) is 28.7 Å². The fourth-order valence-electron chi connectivity index (χ4n) is 8.57. The fraction of sp³-hybridized carbons (Fsp3) is 0.553. The number of amides is 1. The Kier molecular flexibility index (Phi) is 9.89. The Morgan fingerprint density at radius 2 is 1.85 bits per heavy atom. The maximum atomic E-state index is 13.6. The SMILES string of the molecule is Cc1cccc(C)c1-c1cc2nc(n1)N[S+]([O-])c1cccc(c1)CCC([C@H]1C[C@@]3(CCCCN3C(=O)CO)C1)[C@H](CC(C)(C)C)CO2. The number of aliphatic hydroxyl groups excluding tert-OH is 1. The average Bonchev–Trinajstić information content (AvgIpc) is 3.01. The van der Waals surface area contributed by atoms with Crippen LogP contribution in [0, 0.1) is 37.0 Å². The Labute approximate surface area is 283 Å². The summed E-state index contributed by atoms with van der Waals surface area (Å²) in [5.74, 6) is 1.67. The zero-order valence-electron chi connectivity index (χ0n) is 28.6. The van der Waals surface area contributed by atoms with Crippen LogP contribution in [0.2, 0.25) is 0 Å². The van der Waals surface area contributed by atoms with Crippen LogP contribution in [0.4, 0.5) is 5.95 Å². The van der Waals surface area contributed by atoms with E-state index < -0.39 is 18.0 Å². The van der Waals surface area contributed by atoms with Crippen molar-refractivity contribution in [2.45, 2.75) is 96.4 Å². The van der Waals surface area contributed by atoms with Gasteiger partial charge in [-0.15, -0.1) is 0 Å². The van der Waals surface area contributed by atoms with Gasteiger partial charge in [-0.05, 0) is 117 Å². The van der Waals surface area contributed by atoms with Gasteiger partial charge in [0.25, 0.3) is 5.95 Å². The van der Waals surface area contributed by atoms with Crippen LogP contribution in [0.1, 0.15) is 82.4 Å². The van der Waals surface area contributed by atoms with Crippen molar-refractivity contribution in [3.05, 3.63) is 65.2 Å². The summed E-state index contributed by atoms with van der Waals surface area (Å²) >= 11 is -1.55. The Morgan fingerprint density at radius 3 is 2.57 bits per heavy atom. The number of carbonyl (C=O) groups excluding carboxylic acids is 1. The van der Waals surface area contributed by atoms with Gasteiger partial charge in [0, 0.05) is 23.7 Å². The molecule has 1 amide bonds. The van der Waals surface area contributed by atoms with Crippen LogP contribution in [0.3, 0.4) is 0 Å². The second-order valence-electron chi connectivity index (χ2n) is 15.3. The quantitative estimate of drug-likeness (QED) is 0.289. The van der Waals surface area contributed by atoms with E-state index in [1.807, 2.05) is 35.2 Å². The summed E-state index contributed by atoms with van der Waals surface area (Å²) in [4.78, 5) is 25.1. The number of aromatic nitrogens is 2. The normalized spacial score (nSPS) is 26.5. The smallest absolute Gasteiger partial charge is 0.269 e. The lowest BCUT2D eigenvalue weighted by Crippen LogP contribution is -2.63. The molecule has 1 aliphatic carbocycles. The second-order valence-corrected chi connectivity index (χ2v) is 16.5. The number of rotatable bonds is 4. The minimum absolute atomic E-state index is 0.0848. The molecule has 2 N–H and O–H groups in total. The van der Waals surface area contributed by atoms with Gasteiger partial charge in [-0.3, -0.25) is 4.79 Å². The van der Waals surface area contributed by atoms with Crippen molar-refractivity contribution in [1.29, 1.82) is 0 Å². The molecule has 3 aromatic rings. The molecule has 2 aromatic carbocycles. The standard InChI is InChI=1S/C38H50N4O4S/c1-25-10-8-11-26(2)35(25)32-19-33-40-36(39-32)41-47(45)30-13-9-12-27(18-30)14-15-31(29(24-46-33)20-37(3,4)5)28-21-38(22-28)16-6-7-17-42(38)34(44)23-43/h8-13,18-19,28-29,31,43H,6-7,14-17,20-24H2,1-5H3,(H,39,40,41)/t28-,29-,31?,38-,47?/m1/s1. The number of carbonyl (C=O) groups is 1. The van der Waals surface area contributed by atoms with Gasteiger partial charge < -0.3 is 19.3 Å². The third-order valence-corrected chi connectivity index (χ3v) is 11.7. The molecular formula is C38H50N4O4S. The van der Waals surface area contributed by atoms with E-state index in [0.717, 1.165) is 85.9 Å². The molecule has 3 heterocycles. The van der Waals surface area contributed by atoms with Crippen molar-refractivity contribution in [2.24, 2.45) is 23.2 Å². The fourth-order valence-corrected chi connectivity index (χ4v) is 9.40. The number of hydrogen-bond acceptors (Lipinski definition) is 7. The molecule has 1 spiro atoms. The summed E-state index contributed by atoms with van der Waals surface area (Å²) in [6, 6.07) is 16.1. The van der Waals surface area contributed by atoms with Gasteiger partial charge in [-0.25, -0.2) is 4.98 Å². The zero-order chi connectivity index (χ0) is 33.3. The number of fused-ring (bicyclic) bond motifs is 4. The zero-order valence-corrected chi connectivity index (χ0v) is 29.4. The van der Waals surface area contributed by atoms with Crippen LogP contribution < -0.4 is 9.46 Å². The molecule has 47 heavy (non-hydrogen) atoms. The number of piperidine rings is 1. The van der Waals surface area contributed by atoms with E-state index in [1.165, 1.54) is 0 Å². The molecule has 0 radical (unpaired) electrons. The van der Waals surface area contributed by atoms with E-state index in [9.17, 15) is 14.5 Å². The van der Waals surface area contributed by atoms with Crippen molar-refractivity contribution in [3.63, 3.8) is 0 Å². The Bertz CT molecular complexity index is 1560. The number of ether oxygens (including phenoxy) is 1. The van der Waals surface area contributed by atoms with Crippen molar-refractivity contribution in [3.8, 4) is 17.1 Å². The first kappa shape index (κ1) is 33.7. The minimum Gasteiger partial charge on any atom is -0.588 e. The number of anilines is 1. The van der Waals surface area contributed by atoms with Crippen molar-refractivity contribution >= 4 is 23.2 Å². The lowest BCUT2D eigenvalue weighted by atomic mass is 9.56. The van der Waals surface area contributed by atoms with Gasteiger partial charge in [0.05, 0.1) is 12.3 Å². The third-order valence-electron chi connectivity index (χ3n) is 10.6. The van der Waals surface area contributed by atoms with Gasteiger partial charge >= 0.3 is 0 Å². The van der Waals surface area contributed by atoms with Gasteiger partial charge in [0.2, 0.25) is 11.8 Å². The van der Waals surface area contributed by atoms with E-state index in [0.29, 0.717) is 29.2 Å². The Balaban J connectivity index is 1.38. The Morgan fingerprint density at radius 1 is 1.11 bits per heavy atom. The van der Waals surface area contributed by atoms with Gasteiger partial charge in [0.1, 0.15) is 18.0 Å². The Hall–Kier alpha value is -3.14. The molecule has 3 atom stereocenters. The number of likely N-dealkylation sites (tertiary alicyclic amines) is 1. The topological polar surface area (TPSA) is 111 Å². The number of nitrogens with one attached hydrogen (secondary N) is 1. The van der Waals surface area contributed by atoms with E-state index >= 15 is 0 Å². The van der Waals surface area contributed by atoms with Gasteiger partial charge in [-0.1, -0.05) is 51.1 Å². The van der Waals surface area contributed by atoms with Gasteiger partial charge in [0.15, 0.2) is 4.90 Å². The predicted molar refractivity (Wildman–Crippen MR) is 186 cm³/mol. The van der Waals surface area contributed by atoms with Crippen LogP contribution in [-0.2, 0) is 22.6 Å². The summed E-state index contributed by atoms with van der Waals surface area (Å²) in [5, 5.41) is 9.76. The summed E-state index contributed by atoms with van der Waals surface area (Å²) in [5.41, 5.74) is 5.07. The highest BCUT2D eigenvalue weighted by atomic mass is 32.2. The molecule has 2 fully saturated rings. The molecule has 1 saturated heterocycles. The summed E-state index contributed by atoms with van der Waals surface area (Å²) in [6.07, 6.45) is 7.90. The molecule has 252 valence electrons. The first-order valence-electron chi connectivity index (χ1n) is 17.2. The number of aryl methyl sites for hydroxylation is 3. The lowest BCUT2D eigenvalue weighted by molar-refractivity contribution is -0.155. The van der Waals surface area contributed by atoms with Gasteiger partial charge in [-0.2, -0.15) is 9.71 Å². The number of benzene rings is 2. The molecule has 2 unspecified atom stereocenters. The van der Waals surface area contributed by atoms with Crippen molar-refractivity contribution < 1.29 is 19.2 Å². The van der Waals surface area contributed by atoms with Crippen molar-refractivity contribution in [2.75, 3.05) is 24.5 Å². The number of nitrogens with zero attached hydrogens (tertiary/aromatic N) is 3. The molecule has 1 saturated carbocycles. The van der Waals surface area contributed by atoms with E-state index in [1.54, 1.807) is 0 Å². The van der Waals surface area contributed by atoms with E-state index in [2.05, 4.69) is 57.5 Å². The highest BCUT2D eigenvalue weighted by Gasteiger charge is 2.53. The average molecular weight is 659 g/mol. The van der Waals surface area contributed by atoms with Crippen molar-refractivity contribution in [1.82, 2.24) is 14.9 Å². The van der Waals surface area contributed by atoms with Crippen LogP contribution in [-0.4, -0.2) is 55.7 Å². The second kappa shape index (κ2) is 13.8. The number of aliphatic hydroxyl groups is 1. The van der Waals surface area contributed by atoms with E-state index in [4.69, 9.17) is 14.7 Å². The molecule has 3 aliphatic rings. The highest BCUT2D eigenvalue weighted by Crippen LogP contribution is 2.54. The highest BCUT2D eigenvalue weighted by molar-refractivity contribution is 7.92. The van der Waals surface area contributed by atoms with Crippen LogP contribution in [0.5, 0.6) is 5.88 Å². The van der Waals surface area contributed by atoms with Crippen LogP contribution in [0.25, 0.3) is 11.3 Å². The first-order valence-corrected chi connectivity index (χ1v) is 18.4. The molecule has 6 rings (SSSR count). The summed E-state index contributed by atoms with van der Waals surface area (Å²) < 4.78 is 23.3. The molecule has 4 bridgehead atoms. The molecule has 2 aliphatic heterocycles. The maximum absolute atomic E-state index is 13.6. The predicted octanol–water partition coefficient (Wildman–Crippen LogP) is 7.04. The minimum atomic E-state index is -1.55. The van der Waals surface area contributed by atoms with Crippen LogP contribution >= 0.6 is 0 Å². The molecule has 9 heteroatoms. The van der Waals surface area contributed by atoms with Crippen LogP contribution in [0.15, 0.2) is 53.4 Å². The molecular weight excluding hydrogens is 609 g/mol. The molecule has 1 aromatic heterocycles. The monoisotopic (exact) mass is 658 g/mol. The maximum Gasteiger partial charge on any atom is 0.269 e. The summed E-state index contributed by atoms with van der Waals surface area (Å²) in [6.45, 7) is 11.9.